The summed E-state index contributed by atoms with van der Waals surface area (Å²) < 4.78 is 0. The Labute approximate surface area is 98.2 Å². The van der Waals surface area contributed by atoms with Crippen LogP contribution < -0.4 is 5.32 Å². The number of phenolic OH excluding ortho intramolecular Hbond substituents is 1. The highest BCUT2D eigenvalue weighted by molar-refractivity contribution is 6.02. The van der Waals surface area contributed by atoms with Crippen molar-refractivity contribution >= 4 is 11.6 Å². The Balaban J connectivity index is 2.16. The normalized spacial score (nSPS) is 9.94. The van der Waals surface area contributed by atoms with Crippen LogP contribution in [0.2, 0.25) is 0 Å². The second-order valence-corrected chi connectivity index (χ2v) is 3.55. The number of phenols is 1. The van der Waals surface area contributed by atoms with E-state index >= 15 is 0 Å². The van der Waals surface area contributed by atoms with Crippen molar-refractivity contribution in [1.29, 1.82) is 0 Å². The van der Waals surface area contributed by atoms with E-state index in [1.165, 1.54) is 24.7 Å². The second kappa shape index (κ2) is 4.61. The van der Waals surface area contributed by atoms with Crippen molar-refractivity contribution < 1.29 is 9.90 Å². The van der Waals surface area contributed by atoms with Gasteiger partial charge in [-0.05, 0) is 18.6 Å². The van der Waals surface area contributed by atoms with Gasteiger partial charge in [0, 0.05) is 24.1 Å². The van der Waals surface area contributed by atoms with Crippen molar-refractivity contribution in [3.05, 3.63) is 48.0 Å². The fourth-order valence-corrected chi connectivity index (χ4v) is 1.30. The van der Waals surface area contributed by atoms with E-state index in [1.54, 1.807) is 19.1 Å². The molecule has 0 unspecified atom stereocenters. The van der Waals surface area contributed by atoms with Gasteiger partial charge in [0.25, 0.3) is 5.91 Å². The Morgan fingerprint density at radius 3 is 2.82 bits per heavy atom. The number of carbonyl (C=O) groups is 1. The number of benzene rings is 1. The van der Waals surface area contributed by atoms with Crippen LogP contribution in [0.4, 0.5) is 5.69 Å². The number of hydrogen-bond acceptors (Lipinski definition) is 4. The minimum Gasteiger partial charge on any atom is -0.508 e. The molecule has 0 aliphatic rings. The Bertz CT molecular complexity index is 541. The van der Waals surface area contributed by atoms with E-state index < -0.39 is 0 Å². The second-order valence-electron chi connectivity index (χ2n) is 3.55. The molecule has 0 bridgehead atoms. The van der Waals surface area contributed by atoms with Gasteiger partial charge in [-0.3, -0.25) is 9.78 Å². The molecular weight excluding hydrogens is 218 g/mol. The predicted molar refractivity (Wildman–Crippen MR) is 62.8 cm³/mol. The molecule has 1 heterocycles. The van der Waals surface area contributed by atoms with Crippen molar-refractivity contribution in [2.24, 2.45) is 0 Å². The molecule has 0 saturated carbocycles. The van der Waals surface area contributed by atoms with Gasteiger partial charge < -0.3 is 10.4 Å². The summed E-state index contributed by atoms with van der Waals surface area (Å²) in [6, 6.07) is 4.93. The Morgan fingerprint density at radius 2 is 2.18 bits per heavy atom. The highest BCUT2D eigenvalue weighted by Crippen LogP contribution is 2.20. The summed E-state index contributed by atoms with van der Waals surface area (Å²) in [6.07, 6.45) is 4.32. The van der Waals surface area contributed by atoms with Gasteiger partial charge in [-0.15, -0.1) is 0 Å². The van der Waals surface area contributed by atoms with Gasteiger partial charge in [-0.2, -0.15) is 0 Å². The third kappa shape index (κ3) is 2.57. The van der Waals surface area contributed by atoms with E-state index in [-0.39, 0.29) is 17.4 Å². The minimum atomic E-state index is -0.360. The van der Waals surface area contributed by atoms with Crippen LogP contribution in [0.5, 0.6) is 5.75 Å². The van der Waals surface area contributed by atoms with Crippen molar-refractivity contribution in [1.82, 2.24) is 9.97 Å². The Hall–Kier alpha value is -2.43. The van der Waals surface area contributed by atoms with Crippen LogP contribution >= 0.6 is 0 Å². The number of rotatable bonds is 2. The van der Waals surface area contributed by atoms with Crippen LogP contribution in [0.3, 0.4) is 0 Å². The van der Waals surface area contributed by atoms with E-state index in [2.05, 4.69) is 15.3 Å². The van der Waals surface area contributed by atoms with Crippen LogP contribution in [0.15, 0.2) is 36.8 Å². The lowest BCUT2D eigenvalue weighted by atomic mass is 10.2. The van der Waals surface area contributed by atoms with E-state index in [9.17, 15) is 9.90 Å². The van der Waals surface area contributed by atoms with Gasteiger partial charge in [0.05, 0.1) is 6.20 Å². The molecule has 2 rings (SSSR count). The average molecular weight is 229 g/mol. The molecule has 1 amide bonds. The predicted octanol–water partition coefficient (Wildman–Crippen LogP) is 1.74. The zero-order valence-electron chi connectivity index (χ0n) is 9.21. The summed E-state index contributed by atoms with van der Waals surface area (Å²) in [5.41, 5.74) is 1.50. The fraction of sp³-hybridized carbons (Fsp3) is 0.0833. The number of hydrogen-bond donors (Lipinski definition) is 2. The van der Waals surface area contributed by atoms with E-state index in [1.807, 2.05) is 0 Å². The summed E-state index contributed by atoms with van der Waals surface area (Å²) >= 11 is 0. The molecule has 5 nitrogen and oxygen atoms in total. The maximum absolute atomic E-state index is 11.7. The first-order valence-corrected chi connectivity index (χ1v) is 5.04. The van der Waals surface area contributed by atoms with E-state index in [4.69, 9.17) is 0 Å². The zero-order valence-corrected chi connectivity index (χ0v) is 9.21. The summed E-state index contributed by atoms with van der Waals surface area (Å²) in [7, 11) is 0. The molecule has 0 aliphatic heterocycles. The molecule has 0 spiro atoms. The van der Waals surface area contributed by atoms with E-state index in [0.717, 1.165) is 5.56 Å². The maximum Gasteiger partial charge on any atom is 0.275 e. The molecule has 1 aromatic heterocycles. The summed E-state index contributed by atoms with van der Waals surface area (Å²) in [5, 5.41) is 12.1. The standard InChI is InChI=1S/C12H11N3O2/c1-8-2-3-9(6-11(8)16)15-12(17)10-7-13-4-5-14-10/h2-7,16H,1H3,(H,15,17). The number of aromatic nitrogens is 2. The number of aromatic hydroxyl groups is 1. The smallest absolute Gasteiger partial charge is 0.275 e. The number of anilines is 1. The number of carbonyl (C=O) groups excluding carboxylic acids is 1. The molecule has 0 fully saturated rings. The van der Waals surface area contributed by atoms with Crippen LogP contribution in [-0.2, 0) is 0 Å². The van der Waals surface area contributed by atoms with Gasteiger partial charge >= 0.3 is 0 Å². The molecule has 2 aromatic rings. The molecule has 0 saturated heterocycles. The largest absolute Gasteiger partial charge is 0.508 e. The van der Waals surface area contributed by atoms with Crippen molar-refractivity contribution in [3.63, 3.8) is 0 Å². The van der Waals surface area contributed by atoms with Crippen molar-refractivity contribution in [2.75, 3.05) is 5.32 Å². The lowest BCUT2D eigenvalue weighted by Gasteiger charge is -2.05. The molecule has 1 aromatic carbocycles. The highest BCUT2D eigenvalue weighted by Gasteiger charge is 2.07. The molecule has 0 aliphatic carbocycles. The number of aryl methyl sites for hydroxylation is 1. The van der Waals surface area contributed by atoms with Crippen LogP contribution in [-0.4, -0.2) is 21.0 Å². The molecule has 2 N–H and O–H groups in total. The Morgan fingerprint density at radius 1 is 1.35 bits per heavy atom. The van der Waals surface area contributed by atoms with Crippen molar-refractivity contribution in [3.8, 4) is 5.75 Å². The maximum atomic E-state index is 11.7. The van der Waals surface area contributed by atoms with Crippen LogP contribution in [0.1, 0.15) is 16.1 Å². The van der Waals surface area contributed by atoms with Gasteiger partial charge in [-0.1, -0.05) is 6.07 Å². The number of nitrogens with one attached hydrogen (secondary N) is 1. The first-order chi connectivity index (χ1) is 8.16. The van der Waals surface area contributed by atoms with Crippen LogP contribution in [0, 0.1) is 6.92 Å². The monoisotopic (exact) mass is 229 g/mol. The molecule has 0 atom stereocenters. The van der Waals surface area contributed by atoms with Gasteiger partial charge in [0.2, 0.25) is 0 Å². The van der Waals surface area contributed by atoms with Crippen molar-refractivity contribution in [2.45, 2.75) is 6.92 Å². The lowest BCUT2D eigenvalue weighted by Crippen LogP contribution is -2.13. The number of nitrogens with zero attached hydrogens (tertiary/aromatic N) is 2. The fourth-order valence-electron chi connectivity index (χ4n) is 1.30. The van der Waals surface area contributed by atoms with Gasteiger partial charge in [-0.25, -0.2) is 4.98 Å². The molecule has 17 heavy (non-hydrogen) atoms. The average Bonchev–Trinajstić information content (AvgIpc) is 2.35. The quantitative estimate of drug-likeness (QED) is 0.822. The third-order valence-electron chi connectivity index (χ3n) is 2.26. The third-order valence-corrected chi connectivity index (χ3v) is 2.26. The Kier molecular flexibility index (Phi) is 3.00. The lowest BCUT2D eigenvalue weighted by molar-refractivity contribution is 0.102. The molecule has 86 valence electrons. The summed E-state index contributed by atoms with van der Waals surface area (Å²) in [5.74, 6) is -0.219. The highest BCUT2D eigenvalue weighted by atomic mass is 16.3. The molecule has 5 heteroatoms. The van der Waals surface area contributed by atoms with Gasteiger partial charge in [0.15, 0.2) is 0 Å². The SMILES string of the molecule is Cc1ccc(NC(=O)c2cnccn2)cc1O. The zero-order chi connectivity index (χ0) is 12.3. The van der Waals surface area contributed by atoms with E-state index in [0.29, 0.717) is 5.69 Å². The number of amides is 1. The van der Waals surface area contributed by atoms with Crippen LogP contribution in [0.25, 0.3) is 0 Å². The minimum absolute atomic E-state index is 0.141. The van der Waals surface area contributed by atoms with Gasteiger partial charge in [0.1, 0.15) is 11.4 Å². The summed E-state index contributed by atoms with van der Waals surface area (Å²) in [6.45, 7) is 1.78. The summed E-state index contributed by atoms with van der Waals surface area (Å²) in [4.78, 5) is 19.4. The first-order valence-electron chi connectivity index (χ1n) is 5.04. The molecular formula is C12H11N3O2. The topological polar surface area (TPSA) is 75.1 Å². The first kappa shape index (κ1) is 11.1. The molecule has 0 radical (unpaired) electrons.